The molecule has 12 N–H and O–H groups in total. The van der Waals surface area contributed by atoms with Gasteiger partial charge in [0.05, 0.1) is 154 Å². The highest BCUT2D eigenvalue weighted by molar-refractivity contribution is 6.74. The van der Waals surface area contributed by atoms with E-state index >= 15 is 0 Å². The first-order valence-corrected chi connectivity index (χ1v) is 46.1. The predicted molar refractivity (Wildman–Crippen MR) is 566 cm³/mol. The van der Waals surface area contributed by atoms with E-state index in [0.29, 0.717) is 126 Å². The minimum absolute atomic E-state index is 0.0987. The average molecular weight is 1900 g/mol. The Morgan fingerprint density at radius 1 is 0.203 bits per heavy atom. The summed E-state index contributed by atoms with van der Waals surface area (Å²) < 4.78 is 113. The van der Waals surface area contributed by atoms with Crippen molar-refractivity contribution >= 4 is 115 Å². The van der Waals surface area contributed by atoms with Crippen LogP contribution in [0, 0.1) is 0 Å². The number of hydrogen-bond donors (Lipinski definition) is 6. The number of hydrogen-bond acceptors (Lipinski definition) is 27. The van der Waals surface area contributed by atoms with E-state index in [4.69, 9.17) is 134 Å². The van der Waals surface area contributed by atoms with Crippen molar-refractivity contribution < 1.29 is 99.2 Å². The maximum Gasteiger partial charge on any atom is 0.250 e. The van der Waals surface area contributed by atoms with E-state index in [0.717, 1.165) is 95.3 Å². The van der Waals surface area contributed by atoms with Crippen molar-refractivity contribution in [2.24, 2.45) is 0 Å². The Morgan fingerprint density at radius 2 is 0.471 bits per heavy atom. The summed E-state index contributed by atoms with van der Waals surface area (Å²) in [7, 11) is 29.9. The average Bonchev–Trinajstić information content (AvgIpc) is 0.808. The van der Waals surface area contributed by atoms with Crippen molar-refractivity contribution in [1.29, 1.82) is 0 Å². The molecule has 0 bridgehead atoms. The van der Waals surface area contributed by atoms with E-state index in [9.17, 15) is 0 Å². The highest BCUT2D eigenvalue weighted by atomic mass is 28.4. The summed E-state index contributed by atoms with van der Waals surface area (Å²) in [6, 6.07) is 62.7. The van der Waals surface area contributed by atoms with Crippen LogP contribution in [0.1, 0.15) is 87.5 Å². The van der Waals surface area contributed by atoms with Crippen LogP contribution in [0.5, 0.6) is 121 Å². The summed E-state index contributed by atoms with van der Waals surface area (Å²) in [4.78, 5) is 0. The normalized spacial score (nSPS) is 10.9. The molecule has 0 atom stereocenters. The Bertz CT molecular complexity index is 5990. The Balaban J connectivity index is 0.000000226. The number of benzene rings is 12. The zero-order valence-electron chi connectivity index (χ0n) is 83.5. The number of anilines is 6. The van der Waals surface area contributed by atoms with Crippen LogP contribution in [-0.4, -0.2) is 151 Å². The van der Waals surface area contributed by atoms with Crippen molar-refractivity contribution in [2.75, 3.05) is 177 Å². The van der Waals surface area contributed by atoms with Gasteiger partial charge in [0.2, 0.25) is 34.5 Å². The monoisotopic (exact) mass is 1900 g/mol. The molecule has 0 spiro atoms. The molecular weight excluding hydrogens is 1770 g/mol. The van der Waals surface area contributed by atoms with E-state index in [1.807, 2.05) is 267 Å². The number of nitrogens with two attached hydrogens (primary N) is 6. The molecule has 0 radical (unpaired) electrons. The molecule has 28 heteroatoms. The molecular formula is C110H132N6O21Si. The first-order valence-electron chi connectivity index (χ1n) is 43.2. The zero-order valence-corrected chi connectivity index (χ0v) is 84.5. The third kappa shape index (κ3) is 30.5. The van der Waals surface area contributed by atoms with Crippen LogP contribution >= 0.6 is 0 Å². The van der Waals surface area contributed by atoms with E-state index in [2.05, 4.69) is 33.9 Å². The number of para-hydroxylation sites is 3. The smallest absolute Gasteiger partial charge is 0.250 e. The summed E-state index contributed by atoms with van der Waals surface area (Å²) in [6.07, 6.45) is 23.5. The lowest BCUT2D eigenvalue weighted by Gasteiger charge is -2.36. The molecule has 732 valence electrons. The van der Waals surface area contributed by atoms with Crippen LogP contribution in [0.2, 0.25) is 18.1 Å². The van der Waals surface area contributed by atoms with Crippen molar-refractivity contribution in [2.45, 2.75) is 38.9 Å². The summed E-state index contributed by atoms with van der Waals surface area (Å²) in [6.45, 7) is 11.1. The lowest BCUT2D eigenvalue weighted by molar-refractivity contribution is 0.324. The molecule has 12 rings (SSSR count). The summed E-state index contributed by atoms with van der Waals surface area (Å²) in [5.74, 6) is 13.0. The molecule has 27 nitrogen and oxygen atoms in total. The van der Waals surface area contributed by atoms with Gasteiger partial charge in [0.15, 0.2) is 69.0 Å². The van der Waals surface area contributed by atoms with Crippen molar-refractivity contribution in [3.63, 3.8) is 0 Å². The van der Waals surface area contributed by atoms with Gasteiger partial charge in [-0.15, -0.1) is 0 Å². The van der Waals surface area contributed by atoms with Gasteiger partial charge in [0, 0.05) is 39.9 Å². The van der Waals surface area contributed by atoms with Gasteiger partial charge in [-0.2, -0.15) is 0 Å². The molecule has 0 aliphatic rings. The Labute approximate surface area is 813 Å². The lowest BCUT2D eigenvalue weighted by atomic mass is 10.1. The van der Waals surface area contributed by atoms with Gasteiger partial charge in [-0.25, -0.2) is 0 Å². The third-order valence-electron chi connectivity index (χ3n) is 21.6. The van der Waals surface area contributed by atoms with Gasteiger partial charge in [0.1, 0.15) is 17.2 Å². The molecule has 12 aromatic rings. The summed E-state index contributed by atoms with van der Waals surface area (Å²) in [5.41, 5.74) is 51.3. The van der Waals surface area contributed by atoms with Gasteiger partial charge in [0.25, 0.3) is 8.32 Å². The summed E-state index contributed by atoms with van der Waals surface area (Å²) >= 11 is 0. The fourth-order valence-electron chi connectivity index (χ4n) is 13.2. The van der Waals surface area contributed by atoms with E-state index in [1.165, 1.54) is 0 Å². The second-order valence-corrected chi connectivity index (χ2v) is 36.0. The standard InChI is InChI=1S/C23H33NO4Si.2C18H21NO4.3C17H19NO3/c1-23(2,3)29(7,8)28-18-11-9-10-17(21(18)24)13-12-16-14-19(25-4)22(27-6)20(15-16)26-5;1-20-14-8-7-13(15(19)11-14)6-5-12-9-16(21-2)18(23-4)17(10-12)22-3;1-20-14-7-5-6-13(17(14)19)9-8-12-10-15(21-2)18(23-4)16(11-12)22-3;1-19-15-10-13(11-16(20-2)17(15)21-3)5-4-12-6-8-14(18)9-7-12;1-19-15-10-13(11-16(20-2)17(15)21-3)8-7-12-5-4-6-14(18)9-12;1-19-15-10-12(11-16(20-2)17(15)21-3)8-9-13-6-4-5-7-14(13)18/h9-15H,24H2,1-8H3;2*5-11H,19H2,1-4H3;3*4-11H,18H2,1-3H3/b13-12-;6-5-;9-8-;5-4-;8-7-;9-8-. The molecule has 0 aliphatic carbocycles. The molecule has 0 amide bonds. The van der Waals surface area contributed by atoms with Crippen LogP contribution in [0.15, 0.2) is 200 Å². The SMILES string of the molecule is COc1cc(/C=C\c2ccc(N)cc2)cc(OC)c1OC.COc1cc(/C=C\c2cccc(N)c2)cc(OC)c1OC.COc1cc(/C=C\c2cccc(O[Si](C)(C)C(C)(C)C)c2N)cc(OC)c1OC.COc1cc(/C=C\c2ccccc2N)cc(OC)c1OC.COc1ccc(/C=C\c2cc(OC)c(OC)c(OC)c2)c(N)c1.COc1cccc(/C=C\c2cc(OC)c(OC)c(OC)c2)c1N. The third-order valence-corrected chi connectivity index (χ3v) is 26.0. The quantitative estimate of drug-likeness (QED) is 0.0124. The number of ether oxygens (including phenoxy) is 20. The molecule has 138 heavy (non-hydrogen) atoms. The topological polar surface area (TPSA) is 350 Å². The first kappa shape index (κ1) is 109. The highest BCUT2D eigenvalue weighted by Gasteiger charge is 2.39. The van der Waals surface area contributed by atoms with E-state index in [-0.39, 0.29) is 5.04 Å². The highest BCUT2D eigenvalue weighted by Crippen LogP contribution is 2.46. The van der Waals surface area contributed by atoms with Gasteiger partial charge in [-0.05, 0) is 201 Å². The molecule has 0 aromatic heterocycles. The number of nitrogen functional groups attached to an aromatic ring is 6. The van der Waals surface area contributed by atoms with E-state index < -0.39 is 8.32 Å². The predicted octanol–water partition coefficient (Wildman–Crippen LogP) is 23.2. The van der Waals surface area contributed by atoms with Crippen LogP contribution in [0.4, 0.5) is 34.1 Å². The fourth-order valence-corrected chi connectivity index (χ4v) is 14.2. The Hall–Kier alpha value is -16.1. The van der Waals surface area contributed by atoms with Gasteiger partial charge < -0.3 is 134 Å². The van der Waals surface area contributed by atoms with E-state index in [1.54, 1.807) is 148 Å². The minimum Gasteiger partial charge on any atom is -0.542 e. The van der Waals surface area contributed by atoms with Gasteiger partial charge in [-0.1, -0.05) is 160 Å². The fraction of sp³-hybridized carbons (Fsp3) is 0.236. The van der Waals surface area contributed by atoms with Crippen LogP contribution < -0.4 is 134 Å². The number of rotatable bonds is 34. The maximum atomic E-state index is 6.43. The van der Waals surface area contributed by atoms with Crippen LogP contribution in [0.25, 0.3) is 72.9 Å². The molecule has 0 saturated carbocycles. The second-order valence-electron chi connectivity index (χ2n) is 31.3. The lowest BCUT2D eigenvalue weighted by Crippen LogP contribution is -2.44. The molecule has 0 fully saturated rings. The largest absolute Gasteiger partial charge is 0.542 e. The van der Waals surface area contributed by atoms with Gasteiger partial charge in [-0.3, -0.25) is 0 Å². The second kappa shape index (κ2) is 54.3. The Kier molecular flexibility index (Phi) is 42.9. The molecule has 0 unspecified atom stereocenters. The zero-order chi connectivity index (χ0) is 101. The van der Waals surface area contributed by atoms with Crippen molar-refractivity contribution in [3.05, 3.63) is 267 Å². The van der Waals surface area contributed by atoms with Crippen molar-refractivity contribution in [1.82, 2.24) is 0 Å². The maximum absolute atomic E-state index is 6.43. The van der Waals surface area contributed by atoms with Crippen molar-refractivity contribution in [3.8, 4) is 121 Å². The molecule has 0 aliphatic heterocycles. The molecule has 0 heterocycles. The molecule has 0 saturated heterocycles. The Morgan fingerprint density at radius 3 is 0.761 bits per heavy atom. The van der Waals surface area contributed by atoms with Crippen LogP contribution in [0.3, 0.4) is 0 Å². The number of methoxy groups -OCH3 is 20. The van der Waals surface area contributed by atoms with Gasteiger partial charge >= 0.3 is 0 Å². The summed E-state index contributed by atoms with van der Waals surface area (Å²) in [5, 5.41) is 0.0987. The molecule has 12 aromatic carbocycles. The minimum atomic E-state index is -1.97. The first-order chi connectivity index (χ1) is 66.3. The van der Waals surface area contributed by atoms with Crippen LogP contribution in [-0.2, 0) is 0 Å².